The van der Waals surface area contributed by atoms with E-state index in [4.69, 9.17) is 0 Å². The third kappa shape index (κ3) is 14.9. The maximum Gasteiger partial charge on any atom is 0.220 e. The molecule has 0 radical (unpaired) electrons. The molecular weight excluding hydrogens is 502 g/mol. The minimum Gasteiger partial charge on any atom is -0.356 e. The summed E-state index contributed by atoms with van der Waals surface area (Å²) in [5, 5.41) is 3.12. The van der Waals surface area contributed by atoms with Gasteiger partial charge in [-0.3, -0.25) is 9.59 Å². The molecule has 0 saturated heterocycles. The molecule has 41 heavy (non-hydrogen) atoms. The van der Waals surface area contributed by atoms with Crippen molar-refractivity contribution in [2.75, 3.05) is 6.54 Å². The van der Waals surface area contributed by atoms with Gasteiger partial charge in [-0.25, -0.2) is 0 Å². The van der Waals surface area contributed by atoms with E-state index in [1.165, 1.54) is 36.8 Å². The number of hydrogen-bond acceptors (Lipinski definition) is 2. The molecular formula is C38H59NO2. The second kappa shape index (κ2) is 19.7. The first-order chi connectivity index (χ1) is 19.7. The Labute approximate surface area is 252 Å². The van der Waals surface area contributed by atoms with Crippen LogP contribution in [0.15, 0.2) is 60.7 Å². The molecule has 0 heterocycles. The van der Waals surface area contributed by atoms with Crippen LogP contribution in [0.3, 0.4) is 0 Å². The smallest absolute Gasteiger partial charge is 0.220 e. The number of ketones is 1. The lowest BCUT2D eigenvalue weighted by Gasteiger charge is -2.26. The number of Topliss-reactive ketones (excluding diaryl/α,β-unsaturated/α-hetero) is 1. The predicted octanol–water partition coefficient (Wildman–Crippen LogP) is 10.1. The summed E-state index contributed by atoms with van der Waals surface area (Å²) in [6.07, 6.45) is 11.0. The van der Waals surface area contributed by atoms with Crippen LogP contribution in [0, 0.1) is 23.7 Å². The van der Waals surface area contributed by atoms with Crippen LogP contribution in [0.5, 0.6) is 0 Å². The molecule has 4 unspecified atom stereocenters. The standard InChI is InChI=1S/C38H59NO2/c1-29(2)15-14-26-39-38(41)25-24-34(28-37(40)30(3)4)27-33(23-22-32(6)36-20-11-8-12-21-36)17-13-16-31(5)35-18-9-7-10-19-35/h7-12,18-21,29-34H,13-17,22-28H2,1-6H3,(H,39,41). The van der Waals surface area contributed by atoms with Crippen LogP contribution < -0.4 is 5.32 Å². The van der Waals surface area contributed by atoms with Gasteiger partial charge in [-0.1, -0.05) is 115 Å². The van der Waals surface area contributed by atoms with Crippen molar-refractivity contribution in [1.29, 1.82) is 0 Å². The van der Waals surface area contributed by atoms with E-state index in [1.54, 1.807) is 0 Å². The highest BCUT2D eigenvalue weighted by atomic mass is 16.1. The maximum atomic E-state index is 12.9. The quantitative estimate of drug-likeness (QED) is 0.154. The minimum absolute atomic E-state index is 0.0469. The first-order valence-electron chi connectivity index (χ1n) is 16.5. The molecule has 0 saturated carbocycles. The SMILES string of the molecule is CC(C)CCCNC(=O)CCC(CC(=O)C(C)C)CC(CCCC(C)c1ccccc1)CCC(C)c1ccccc1. The van der Waals surface area contributed by atoms with Gasteiger partial charge in [-0.2, -0.15) is 0 Å². The second-order valence-corrected chi connectivity index (χ2v) is 13.3. The van der Waals surface area contributed by atoms with Gasteiger partial charge in [0, 0.05) is 25.3 Å². The topological polar surface area (TPSA) is 46.2 Å². The normalized spacial score (nSPS) is 14.5. The Bertz CT molecular complexity index is 968. The summed E-state index contributed by atoms with van der Waals surface area (Å²) in [6, 6.07) is 21.7. The Hall–Kier alpha value is -2.42. The molecule has 3 heteroatoms. The highest BCUT2D eigenvalue weighted by molar-refractivity contribution is 5.80. The van der Waals surface area contributed by atoms with E-state index in [0.717, 1.165) is 38.6 Å². The molecule has 2 rings (SSSR count). The number of carbonyl (C=O) groups excluding carboxylic acids is 2. The molecule has 4 atom stereocenters. The highest BCUT2D eigenvalue weighted by Gasteiger charge is 2.23. The van der Waals surface area contributed by atoms with Crippen LogP contribution in [0.4, 0.5) is 0 Å². The summed E-state index contributed by atoms with van der Waals surface area (Å²) in [7, 11) is 0. The molecule has 3 nitrogen and oxygen atoms in total. The zero-order valence-corrected chi connectivity index (χ0v) is 27.0. The number of carbonyl (C=O) groups is 2. The van der Waals surface area contributed by atoms with Crippen molar-refractivity contribution in [3.8, 4) is 0 Å². The Morgan fingerprint density at radius 2 is 1.22 bits per heavy atom. The minimum atomic E-state index is 0.0469. The largest absolute Gasteiger partial charge is 0.356 e. The maximum absolute atomic E-state index is 12.9. The van der Waals surface area contributed by atoms with Crippen LogP contribution in [0.2, 0.25) is 0 Å². The van der Waals surface area contributed by atoms with E-state index in [2.05, 4.69) is 93.7 Å². The van der Waals surface area contributed by atoms with Crippen LogP contribution >= 0.6 is 0 Å². The van der Waals surface area contributed by atoms with E-state index in [-0.39, 0.29) is 17.7 Å². The van der Waals surface area contributed by atoms with Crippen LogP contribution in [-0.2, 0) is 9.59 Å². The predicted molar refractivity (Wildman–Crippen MR) is 175 cm³/mol. The van der Waals surface area contributed by atoms with Gasteiger partial charge in [-0.05, 0) is 85.7 Å². The summed E-state index contributed by atoms with van der Waals surface area (Å²) in [4.78, 5) is 25.5. The zero-order valence-electron chi connectivity index (χ0n) is 27.0. The van der Waals surface area contributed by atoms with Gasteiger partial charge in [0.25, 0.3) is 0 Å². The Morgan fingerprint density at radius 1 is 0.634 bits per heavy atom. The lowest BCUT2D eigenvalue weighted by atomic mass is 9.79. The van der Waals surface area contributed by atoms with Gasteiger partial charge in [0.05, 0.1) is 0 Å². The molecule has 0 aliphatic heterocycles. The van der Waals surface area contributed by atoms with Gasteiger partial charge in [0.15, 0.2) is 0 Å². The van der Waals surface area contributed by atoms with E-state index >= 15 is 0 Å². The fraction of sp³-hybridized carbons (Fsp3) is 0.632. The molecule has 0 spiro atoms. The molecule has 2 aromatic carbocycles. The molecule has 1 N–H and O–H groups in total. The monoisotopic (exact) mass is 561 g/mol. The third-order valence-corrected chi connectivity index (χ3v) is 8.86. The van der Waals surface area contributed by atoms with E-state index in [1.807, 2.05) is 13.8 Å². The average molecular weight is 562 g/mol. The van der Waals surface area contributed by atoms with Crippen molar-refractivity contribution in [2.24, 2.45) is 23.7 Å². The van der Waals surface area contributed by atoms with Gasteiger partial charge in [0.1, 0.15) is 5.78 Å². The second-order valence-electron chi connectivity index (χ2n) is 13.3. The fourth-order valence-electron chi connectivity index (χ4n) is 5.93. The molecule has 0 fully saturated rings. The van der Waals surface area contributed by atoms with Gasteiger partial charge >= 0.3 is 0 Å². The number of benzene rings is 2. The summed E-state index contributed by atoms with van der Waals surface area (Å²) in [5.74, 6) is 3.11. The number of nitrogens with one attached hydrogen (secondary N) is 1. The van der Waals surface area contributed by atoms with Crippen LogP contribution in [-0.4, -0.2) is 18.2 Å². The van der Waals surface area contributed by atoms with Crippen molar-refractivity contribution < 1.29 is 9.59 Å². The van der Waals surface area contributed by atoms with Crippen LogP contribution in [0.25, 0.3) is 0 Å². The average Bonchev–Trinajstić information content (AvgIpc) is 2.97. The van der Waals surface area contributed by atoms with Crippen molar-refractivity contribution >= 4 is 11.7 Å². The van der Waals surface area contributed by atoms with E-state index in [0.29, 0.717) is 42.3 Å². The molecule has 0 aromatic heterocycles. The molecule has 0 bridgehead atoms. The molecule has 228 valence electrons. The van der Waals surface area contributed by atoms with Crippen molar-refractivity contribution in [1.82, 2.24) is 5.32 Å². The van der Waals surface area contributed by atoms with Crippen molar-refractivity contribution in [3.05, 3.63) is 71.8 Å². The van der Waals surface area contributed by atoms with Gasteiger partial charge in [-0.15, -0.1) is 0 Å². The zero-order chi connectivity index (χ0) is 30.0. The van der Waals surface area contributed by atoms with Crippen molar-refractivity contribution in [3.63, 3.8) is 0 Å². The fourth-order valence-corrected chi connectivity index (χ4v) is 5.93. The Morgan fingerprint density at radius 3 is 1.78 bits per heavy atom. The lowest BCUT2D eigenvalue weighted by Crippen LogP contribution is -2.26. The number of hydrogen-bond donors (Lipinski definition) is 1. The molecule has 2 aromatic rings. The summed E-state index contributed by atoms with van der Waals surface area (Å²) in [6.45, 7) is 13.9. The first-order valence-corrected chi connectivity index (χ1v) is 16.5. The first kappa shape index (κ1) is 34.8. The third-order valence-electron chi connectivity index (χ3n) is 8.86. The Kier molecular flexibility index (Phi) is 16.7. The number of amides is 1. The van der Waals surface area contributed by atoms with E-state index in [9.17, 15) is 9.59 Å². The molecule has 0 aliphatic rings. The molecule has 1 amide bonds. The van der Waals surface area contributed by atoms with E-state index < -0.39 is 0 Å². The summed E-state index contributed by atoms with van der Waals surface area (Å²) >= 11 is 0. The molecule has 0 aliphatic carbocycles. The van der Waals surface area contributed by atoms with Gasteiger partial charge in [0.2, 0.25) is 5.91 Å². The van der Waals surface area contributed by atoms with Crippen molar-refractivity contribution in [2.45, 2.75) is 124 Å². The number of rotatable bonds is 21. The lowest BCUT2D eigenvalue weighted by molar-refractivity contribution is -0.124. The van der Waals surface area contributed by atoms with Crippen LogP contribution in [0.1, 0.15) is 135 Å². The van der Waals surface area contributed by atoms with Gasteiger partial charge < -0.3 is 5.32 Å². The summed E-state index contributed by atoms with van der Waals surface area (Å²) < 4.78 is 0. The summed E-state index contributed by atoms with van der Waals surface area (Å²) in [5.41, 5.74) is 2.83. The Balaban J connectivity index is 2.02. The highest BCUT2D eigenvalue weighted by Crippen LogP contribution is 2.33.